The zero-order valence-electron chi connectivity index (χ0n) is 13.2. The first kappa shape index (κ1) is 16.4. The number of hydrogen-bond donors (Lipinski definition) is 2. The zero-order valence-corrected chi connectivity index (χ0v) is 14.8. The van der Waals surface area contributed by atoms with Gasteiger partial charge >= 0.3 is 0 Å². The molecule has 4 rings (SSSR count). The van der Waals surface area contributed by atoms with E-state index < -0.39 is 0 Å². The van der Waals surface area contributed by atoms with Crippen LogP contribution < -0.4 is 5.32 Å². The second-order valence-electron chi connectivity index (χ2n) is 5.26. The van der Waals surface area contributed by atoms with E-state index in [-0.39, 0.29) is 5.91 Å². The predicted molar refractivity (Wildman–Crippen MR) is 100 cm³/mol. The fourth-order valence-corrected chi connectivity index (χ4v) is 3.17. The van der Waals surface area contributed by atoms with Crippen LogP contribution in [0.3, 0.4) is 0 Å². The Morgan fingerprint density at radius 3 is 2.81 bits per heavy atom. The molecule has 3 aromatic heterocycles. The number of carbonyl (C=O) groups excluding carboxylic acids is 1. The summed E-state index contributed by atoms with van der Waals surface area (Å²) < 4.78 is 0. The first-order valence-electron chi connectivity index (χ1n) is 7.56. The third kappa shape index (κ3) is 3.46. The highest BCUT2D eigenvalue weighted by molar-refractivity contribution is 7.18. The average Bonchev–Trinajstić information content (AvgIpc) is 3.32. The van der Waals surface area contributed by atoms with E-state index in [1.165, 1.54) is 11.3 Å². The van der Waals surface area contributed by atoms with E-state index in [1.807, 2.05) is 30.3 Å². The van der Waals surface area contributed by atoms with Crippen molar-refractivity contribution in [1.29, 1.82) is 0 Å². The van der Waals surface area contributed by atoms with Crippen molar-refractivity contribution in [2.24, 2.45) is 0 Å². The summed E-state index contributed by atoms with van der Waals surface area (Å²) in [6.07, 6.45) is 1.68. The number of halogens is 1. The van der Waals surface area contributed by atoms with Crippen LogP contribution in [0.2, 0.25) is 5.02 Å². The van der Waals surface area contributed by atoms with Crippen molar-refractivity contribution < 1.29 is 4.79 Å². The van der Waals surface area contributed by atoms with Crippen molar-refractivity contribution >= 4 is 34.0 Å². The molecule has 0 radical (unpaired) electrons. The number of aromatic amines is 1. The van der Waals surface area contributed by atoms with Crippen LogP contribution in [0.1, 0.15) is 10.5 Å². The van der Waals surface area contributed by atoms with Gasteiger partial charge in [-0.3, -0.25) is 20.2 Å². The minimum Gasteiger partial charge on any atom is -0.295 e. The van der Waals surface area contributed by atoms with Crippen molar-refractivity contribution in [2.45, 2.75) is 0 Å². The zero-order chi connectivity index (χ0) is 17.9. The van der Waals surface area contributed by atoms with Gasteiger partial charge in [-0.05, 0) is 30.3 Å². The number of H-pyrrole nitrogens is 1. The molecule has 0 aliphatic heterocycles. The largest absolute Gasteiger partial charge is 0.295 e. The summed E-state index contributed by atoms with van der Waals surface area (Å²) >= 11 is 7.23. The molecule has 0 aliphatic rings. The van der Waals surface area contributed by atoms with Crippen LogP contribution >= 0.6 is 22.9 Å². The minimum absolute atomic E-state index is 0.314. The first-order valence-corrected chi connectivity index (χ1v) is 8.76. The fourth-order valence-electron chi connectivity index (χ4n) is 2.26. The van der Waals surface area contributed by atoms with Gasteiger partial charge in [-0.2, -0.15) is 5.10 Å². The lowest BCUT2D eigenvalue weighted by atomic mass is 10.1. The van der Waals surface area contributed by atoms with Gasteiger partial charge in [0, 0.05) is 16.8 Å². The maximum atomic E-state index is 12.4. The number of carbonyl (C=O) groups is 1. The highest BCUT2D eigenvalue weighted by Crippen LogP contribution is 2.25. The molecule has 0 unspecified atom stereocenters. The van der Waals surface area contributed by atoms with Gasteiger partial charge in [0.05, 0.1) is 5.69 Å². The van der Waals surface area contributed by atoms with Crippen LogP contribution in [0.5, 0.6) is 0 Å². The van der Waals surface area contributed by atoms with Crippen molar-refractivity contribution in [3.8, 4) is 22.0 Å². The Morgan fingerprint density at radius 2 is 2.00 bits per heavy atom. The molecule has 1 aromatic carbocycles. The lowest BCUT2D eigenvalue weighted by Crippen LogP contribution is -2.12. The average molecular weight is 383 g/mol. The maximum absolute atomic E-state index is 12.4. The molecule has 0 saturated carbocycles. The Kier molecular flexibility index (Phi) is 4.42. The molecule has 1 amide bonds. The molecule has 0 spiro atoms. The topological polar surface area (TPSA) is 96.5 Å². The molecule has 26 heavy (non-hydrogen) atoms. The van der Waals surface area contributed by atoms with E-state index in [0.29, 0.717) is 32.2 Å². The summed E-state index contributed by atoms with van der Waals surface area (Å²) in [6.45, 7) is 0. The van der Waals surface area contributed by atoms with Gasteiger partial charge in [0.15, 0.2) is 5.01 Å². The van der Waals surface area contributed by atoms with Crippen molar-refractivity contribution in [2.75, 3.05) is 5.32 Å². The normalized spacial score (nSPS) is 10.7. The van der Waals surface area contributed by atoms with E-state index in [9.17, 15) is 4.79 Å². The Bertz CT molecular complexity index is 1060. The molecule has 4 aromatic rings. The molecule has 9 heteroatoms. The van der Waals surface area contributed by atoms with Gasteiger partial charge in [-0.1, -0.05) is 41.1 Å². The lowest BCUT2D eigenvalue weighted by Gasteiger charge is -1.97. The van der Waals surface area contributed by atoms with Crippen LogP contribution in [-0.4, -0.2) is 31.3 Å². The van der Waals surface area contributed by atoms with Gasteiger partial charge in [-0.15, -0.1) is 10.2 Å². The number of rotatable bonds is 4. The summed E-state index contributed by atoms with van der Waals surface area (Å²) in [4.78, 5) is 16.6. The van der Waals surface area contributed by atoms with Crippen molar-refractivity contribution in [3.63, 3.8) is 0 Å². The van der Waals surface area contributed by atoms with E-state index in [0.717, 1.165) is 5.56 Å². The van der Waals surface area contributed by atoms with E-state index in [2.05, 4.69) is 30.7 Å². The van der Waals surface area contributed by atoms with Gasteiger partial charge < -0.3 is 0 Å². The number of nitrogens with zero attached hydrogens (tertiary/aromatic N) is 4. The number of anilines is 1. The number of hydrogen-bond acceptors (Lipinski definition) is 6. The summed E-state index contributed by atoms with van der Waals surface area (Å²) in [5.41, 5.74) is 2.47. The molecule has 2 N–H and O–H groups in total. The molecule has 0 atom stereocenters. The number of pyridine rings is 1. The summed E-state index contributed by atoms with van der Waals surface area (Å²) in [5.74, 6) is -0.352. The number of benzene rings is 1. The third-order valence-electron chi connectivity index (χ3n) is 3.47. The smallest absolute Gasteiger partial charge is 0.275 e. The molecular formula is C17H11ClN6OS. The van der Waals surface area contributed by atoms with Crippen LogP contribution in [-0.2, 0) is 0 Å². The van der Waals surface area contributed by atoms with Crippen LogP contribution in [0, 0.1) is 0 Å². The van der Waals surface area contributed by atoms with Crippen molar-refractivity contribution in [3.05, 3.63) is 65.4 Å². The quantitative estimate of drug-likeness (QED) is 0.558. The summed E-state index contributed by atoms with van der Waals surface area (Å²) in [5, 5.41) is 19.2. The second-order valence-corrected chi connectivity index (χ2v) is 6.67. The Labute approximate surface area is 157 Å². The lowest BCUT2D eigenvalue weighted by molar-refractivity contribution is 0.102. The van der Waals surface area contributed by atoms with Crippen molar-refractivity contribution in [1.82, 2.24) is 25.4 Å². The van der Waals surface area contributed by atoms with Crippen LogP contribution in [0.25, 0.3) is 22.0 Å². The standard InChI is InChI=1S/C17H11ClN6OS/c18-11-5-3-4-10(8-11)13-9-14(22-21-13)15(25)20-17-24-23-16(26-17)12-6-1-2-7-19-12/h1-9H,(H,21,22)(H,20,24,25). The second kappa shape index (κ2) is 7.03. The van der Waals surface area contributed by atoms with Gasteiger partial charge in [0.1, 0.15) is 11.4 Å². The SMILES string of the molecule is O=C(Nc1nnc(-c2ccccn2)s1)c1cc(-c2cccc(Cl)c2)n[nH]1. The fraction of sp³-hybridized carbons (Fsp3) is 0. The number of amides is 1. The molecule has 7 nitrogen and oxygen atoms in total. The highest BCUT2D eigenvalue weighted by Gasteiger charge is 2.14. The van der Waals surface area contributed by atoms with Crippen LogP contribution in [0.15, 0.2) is 54.7 Å². The van der Waals surface area contributed by atoms with Crippen LogP contribution in [0.4, 0.5) is 5.13 Å². The molecule has 0 bridgehead atoms. The number of nitrogens with one attached hydrogen (secondary N) is 2. The maximum Gasteiger partial charge on any atom is 0.275 e. The van der Waals surface area contributed by atoms with Gasteiger partial charge in [-0.25, -0.2) is 0 Å². The Morgan fingerprint density at radius 1 is 1.08 bits per heavy atom. The molecule has 0 saturated heterocycles. The Hall–Kier alpha value is -3.10. The first-order chi connectivity index (χ1) is 12.7. The monoisotopic (exact) mass is 382 g/mol. The van der Waals surface area contributed by atoms with Gasteiger partial charge in [0.2, 0.25) is 5.13 Å². The Balaban J connectivity index is 1.50. The molecule has 0 fully saturated rings. The minimum atomic E-state index is -0.352. The van der Waals surface area contributed by atoms with E-state index >= 15 is 0 Å². The van der Waals surface area contributed by atoms with E-state index in [4.69, 9.17) is 11.6 Å². The molecule has 128 valence electrons. The number of aromatic nitrogens is 5. The van der Waals surface area contributed by atoms with E-state index in [1.54, 1.807) is 24.4 Å². The summed E-state index contributed by atoms with van der Waals surface area (Å²) in [6, 6.07) is 14.4. The predicted octanol–water partition coefficient (Wildman–Crippen LogP) is 3.90. The molecular weight excluding hydrogens is 372 g/mol. The molecule has 3 heterocycles. The van der Waals surface area contributed by atoms with Gasteiger partial charge in [0.25, 0.3) is 5.91 Å². The highest BCUT2D eigenvalue weighted by atomic mass is 35.5. The third-order valence-corrected chi connectivity index (χ3v) is 4.57. The summed E-state index contributed by atoms with van der Waals surface area (Å²) in [7, 11) is 0. The molecule has 0 aliphatic carbocycles.